The van der Waals surface area contributed by atoms with Gasteiger partial charge < -0.3 is 23.7 Å². The monoisotopic (exact) mass is 248 g/mol. The summed E-state index contributed by atoms with van der Waals surface area (Å²) in [5.41, 5.74) is 0. The van der Waals surface area contributed by atoms with Gasteiger partial charge in [0.05, 0.1) is 38.6 Å². The van der Waals surface area contributed by atoms with Gasteiger partial charge in [0.1, 0.15) is 12.2 Å². The van der Waals surface area contributed by atoms with Crippen molar-refractivity contribution in [3.8, 4) is 0 Å². The van der Waals surface area contributed by atoms with E-state index in [0.717, 1.165) is 0 Å². The van der Waals surface area contributed by atoms with Gasteiger partial charge in [0.15, 0.2) is 0 Å². The van der Waals surface area contributed by atoms with Gasteiger partial charge in [0, 0.05) is 14.2 Å². The molecular formula is C12H24O5. The fourth-order valence-corrected chi connectivity index (χ4v) is 1.31. The summed E-state index contributed by atoms with van der Waals surface area (Å²) in [5, 5.41) is 0. The third-order valence-electron chi connectivity index (χ3n) is 2.76. The van der Waals surface area contributed by atoms with Crippen LogP contribution in [0, 0.1) is 0 Å². The Morgan fingerprint density at radius 2 is 1.29 bits per heavy atom. The molecule has 0 aromatic carbocycles. The Bertz CT molecular complexity index is 179. The van der Waals surface area contributed by atoms with E-state index in [1.807, 2.05) is 13.8 Å². The maximum absolute atomic E-state index is 5.46. The topological polar surface area (TPSA) is 49.5 Å². The molecule has 1 fully saturated rings. The van der Waals surface area contributed by atoms with Crippen LogP contribution in [0.4, 0.5) is 0 Å². The van der Waals surface area contributed by atoms with Gasteiger partial charge in [-0.1, -0.05) is 0 Å². The number of rotatable bonds is 10. The highest BCUT2D eigenvalue weighted by molar-refractivity contribution is 4.84. The molecule has 1 rings (SSSR count). The first kappa shape index (κ1) is 14.9. The standard InChI is InChI=1S/C12H24O5/c1-9(13-3)5-15-7-11-12(17-11)8-16-6-10(2)14-4/h9-12H,5-8H2,1-4H3. The molecule has 1 heterocycles. The third kappa shape index (κ3) is 6.33. The summed E-state index contributed by atoms with van der Waals surface area (Å²) < 4.78 is 26.5. The SMILES string of the molecule is COC(C)COCC1OC1COCC(C)OC. The normalized spacial score (nSPS) is 26.8. The Kier molecular flexibility index (Phi) is 6.99. The van der Waals surface area contributed by atoms with Crippen molar-refractivity contribution in [3.63, 3.8) is 0 Å². The molecule has 0 amide bonds. The lowest BCUT2D eigenvalue weighted by atomic mass is 10.3. The lowest BCUT2D eigenvalue weighted by Crippen LogP contribution is -2.19. The predicted molar refractivity (Wildman–Crippen MR) is 63.2 cm³/mol. The van der Waals surface area contributed by atoms with Crippen LogP contribution in [-0.4, -0.2) is 65.1 Å². The van der Waals surface area contributed by atoms with Crippen LogP contribution < -0.4 is 0 Å². The zero-order chi connectivity index (χ0) is 12.7. The first-order chi connectivity index (χ1) is 8.17. The highest BCUT2D eigenvalue weighted by Crippen LogP contribution is 2.22. The summed E-state index contributed by atoms with van der Waals surface area (Å²) in [4.78, 5) is 0. The second-order valence-electron chi connectivity index (χ2n) is 4.38. The smallest absolute Gasteiger partial charge is 0.110 e. The van der Waals surface area contributed by atoms with E-state index in [1.54, 1.807) is 14.2 Å². The molecule has 0 aliphatic carbocycles. The zero-order valence-corrected chi connectivity index (χ0v) is 11.2. The Morgan fingerprint density at radius 1 is 0.882 bits per heavy atom. The van der Waals surface area contributed by atoms with Gasteiger partial charge >= 0.3 is 0 Å². The number of hydrogen-bond donors (Lipinski definition) is 0. The molecule has 5 heteroatoms. The Morgan fingerprint density at radius 3 is 1.65 bits per heavy atom. The summed E-state index contributed by atoms with van der Waals surface area (Å²) in [5.74, 6) is 0. The quantitative estimate of drug-likeness (QED) is 0.537. The Labute approximate surface area is 103 Å². The molecule has 102 valence electrons. The molecule has 0 saturated carbocycles. The Hall–Kier alpha value is -0.200. The second-order valence-corrected chi connectivity index (χ2v) is 4.38. The minimum absolute atomic E-state index is 0.131. The predicted octanol–water partition coefficient (Wildman–Crippen LogP) is 0.857. The fraction of sp³-hybridized carbons (Fsp3) is 1.00. The van der Waals surface area contributed by atoms with Gasteiger partial charge in [-0.05, 0) is 13.8 Å². The maximum atomic E-state index is 5.46. The highest BCUT2D eigenvalue weighted by Gasteiger charge is 2.39. The lowest BCUT2D eigenvalue weighted by Gasteiger charge is -2.09. The van der Waals surface area contributed by atoms with Crippen molar-refractivity contribution in [2.45, 2.75) is 38.3 Å². The third-order valence-corrected chi connectivity index (χ3v) is 2.76. The van der Waals surface area contributed by atoms with E-state index in [2.05, 4.69) is 0 Å². The van der Waals surface area contributed by atoms with Crippen LogP contribution in [0.3, 0.4) is 0 Å². The lowest BCUT2D eigenvalue weighted by molar-refractivity contribution is 0.0124. The van der Waals surface area contributed by atoms with Crippen LogP contribution >= 0.6 is 0 Å². The van der Waals surface area contributed by atoms with Crippen molar-refractivity contribution >= 4 is 0 Å². The zero-order valence-electron chi connectivity index (χ0n) is 11.2. The van der Waals surface area contributed by atoms with Crippen molar-refractivity contribution < 1.29 is 23.7 Å². The number of epoxide rings is 1. The molecule has 4 unspecified atom stereocenters. The van der Waals surface area contributed by atoms with E-state index in [9.17, 15) is 0 Å². The van der Waals surface area contributed by atoms with Gasteiger partial charge in [-0.25, -0.2) is 0 Å². The van der Waals surface area contributed by atoms with E-state index < -0.39 is 0 Å². The molecule has 0 bridgehead atoms. The average Bonchev–Trinajstić information content (AvgIpc) is 3.07. The fourth-order valence-electron chi connectivity index (χ4n) is 1.31. The average molecular weight is 248 g/mol. The molecule has 0 aromatic rings. The maximum Gasteiger partial charge on any atom is 0.110 e. The van der Waals surface area contributed by atoms with Gasteiger partial charge in [-0.15, -0.1) is 0 Å². The summed E-state index contributed by atoms with van der Waals surface area (Å²) >= 11 is 0. The molecule has 4 atom stereocenters. The van der Waals surface area contributed by atoms with E-state index in [4.69, 9.17) is 23.7 Å². The first-order valence-corrected chi connectivity index (χ1v) is 6.04. The molecule has 1 aliphatic rings. The highest BCUT2D eigenvalue weighted by atomic mass is 16.6. The van der Waals surface area contributed by atoms with Crippen molar-refractivity contribution in [1.82, 2.24) is 0 Å². The summed E-state index contributed by atoms with van der Waals surface area (Å²) in [6.07, 6.45) is 0.616. The number of ether oxygens (including phenoxy) is 5. The number of hydrogen-bond acceptors (Lipinski definition) is 5. The minimum Gasteiger partial charge on any atom is -0.379 e. The Balaban J connectivity index is 1.91. The van der Waals surface area contributed by atoms with Crippen LogP contribution in [0.5, 0.6) is 0 Å². The van der Waals surface area contributed by atoms with Crippen molar-refractivity contribution in [3.05, 3.63) is 0 Å². The minimum atomic E-state index is 0.131. The molecule has 0 spiro atoms. The largest absolute Gasteiger partial charge is 0.379 e. The molecule has 1 aliphatic heterocycles. The molecule has 0 N–H and O–H groups in total. The van der Waals surface area contributed by atoms with Gasteiger partial charge in [-0.2, -0.15) is 0 Å². The summed E-state index contributed by atoms with van der Waals surface area (Å²) in [6, 6.07) is 0. The number of methoxy groups -OCH3 is 2. The van der Waals surface area contributed by atoms with Gasteiger partial charge in [0.25, 0.3) is 0 Å². The van der Waals surface area contributed by atoms with E-state index in [1.165, 1.54) is 0 Å². The molecule has 0 aromatic heterocycles. The van der Waals surface area contributed by atoms with Crippen LogP contribution in [0.15, 0.2) is 0 Å². The van der Waals surface area contributed by atoms with Crippen molar-refractivity contribution in [2.24, 2.45) is 0 Å². The first-order valence-electron chi connectivity index (χ1n) is 6.04. The summed E-state index contributed by atoms with van der Waals surface area (Å²) in [6.45, 7) is 6.37. The van der Waals surface area contributed by atoms with Crippen molar-refractivity contribution in [1.29, 1.82) is 0 Å². The molecular weight excluding hydrogens is 224 g/mol. The van der Waals surface area contributed by atoms with Crippen LogP contribution in [-0.2, 0) is 23.7 Å². The molecule has 1 saturated heterocycles. The van der Waals surface area contributed by atoms with Gasteiger partial charge in [-0.3, -0.25) is 0 Å². The van der Waals surface area contributed by atoms with Crippen molar-refractivity contribution in [2.75, 3.05) is 40.6 Å². The van der Waals surface area contributed by atoms with Crippen LogP contribution in [0.2, 0.25) is 0 Å². The second kappa shape index (κ2) is 8.00. The van der Waals surface area contributed by atoms with Crippen LogP contribution in [0.1, 0.15) is 13.8 Å². The van der Waals surface area contributed by atoms with E-state index >= 15 is 0 Å². The molecule has 0 radical (unpaired) electrons. The van der Waals surface area contributed by atoms with Gasteiger partial charge in [0.2, 0.25) is 0 Å². The van der Waals surface area contributed by atoms with Crippen LogP contribution in [0.25, 0.3) is 0 Å². The molecule has 5 nitrogen and oxygen atoms in total. The van der Waals surface area contributed by atoms with E-state index in [0.29, 0.717) is 26.4 Å². The molecule has 17 heavy (non-hydrogen) atoms. The van der Waals surface area contributed by atoms with E-state index in [-0.39, 0.29) is 24.4 Å². The summed E-state index contributed by atoms with van der Waals surface area (Å²) in [7, 11) is 3.35.